The maximum atomic E-state index is 12.0. The normalized spacial score (nSPS) is 18.9. The first-order valence-corrected chi connectivity index (χ1v) is 7.07. The molecule has 0 spiro atoms. The third kappa shape index (κ3) is 2.62. The van der Waals surface area contributed by atoms with Gasteiger partial charge in [0.1, 0.15) is 4.90 Å². The number of nitrogens with zero attached hydrogens (tertiary/aromatic N) is 1. The molecule has 6 nitrogen and oxygen atoms in total. The number of nitrogens with one attached hydrogen (secondary N) is 2. The van der Waals surface area contributed by atoms with Crippen LogP contribution in [-0.2, 0) is 10.0 Å². The second-order valence-electron chi connectivity index (χ2n) is 4.04. The highest BCUT2D eigenvalue weighted by Crippen LogP contribution is 2.25. The van der Waals surface area contributed by atoms with Crippen molar-refractivity contribution in [1.82, 2.24) is 4.72 Å². The first kappa shape index (κ1) is 12.8. The SMILES string of the molecule is Cc1ccc2c(c1)S(=O)(=O)NC(=NCCCO)N2. The topological polar surface area (TPSA) is 90.8 Å². The average Bonchev–Trinajstić information content (AvgIpc) is 2.30. The zero-order chi connectivity index (χ0) is 13.2. The van der Waals surface area contributed by atoms with E-state index in [2.05, 4.69) is 15.0 Å². The Kier molecular flexibility index (Phi) is 3.53. The second kappa shape index (κ2) is 4.95. The first-order valence-electron chi connectivity index (χ1n) is 5.59. The molecule has 1 aliphatic rings. The minimum Gasteiger partial charge on any atom is -0.396 e. The third-order valence-electron chi connectivity index (χ3n) is 2.50. The Hall–Kier alpha value is -1.60. The van der Waals surface area contributed by atoms with E-state index in [9.17, 15) is 8.42 Å². The lowest BCUT2D eigenvalue weighted by molar-refractivity contribution is 0.291. The molecule has 98 valence electrons. The van der Waals surface area contributed by atoms with Gasteiger partial charge in [-0.1, -0.05) is 6.07 Å². The van der Waals surface area contributed by atoms with Gasteiger partial charge in [-0.05, 0) is 31.0 Å². The van der Waals surface area contributed by atoms with Crippen molar-refractivity contribution in [3.05, 3.63) is 23.8 Å². The predicted molar refractivity (Wildman–Crippen MR) is 69.1 cm³/mol. The molecule has 0 saturated heterocycles. The van der Waals surface area contributed by atoms with Gasteiger partial charge in [-0.15, -0.1) is 0 Å². The van der Waals surface area contributed by atoms with Crippen molar-refractivity contribution in [1.29, 1.82) is 0 Å². The zero-order valence-electron chi connectivity index (χ0n) is 9.97. The largest absolute Gasteiger partial charge is 0.396 e. The highest BCUT2D eigenvalue weighted by atomic mass is 32.2. The van der Waals surface area contributed by atoms with Crippen molar-refractivity contribution < 1.29 is 13.5 Å². The van der Waals surface area contributed by atoms with E-state index in [1.54, 1.807) is 12.1 Å². The molecule has 0 saturated carbocycles. The minimum absolute atomic E-state index is 0.0271. The lowest BCUT2D eigenvalue weighted by Gasteiger charge is -2.21. The zero-order valence-corrected chi connectivity index (χ0v) is 10.8. The molecular weight excluding hydrogens is 254 g/mol. The van der Waals surface area contributed by atoms with E-state index in [0.29, 0.717) is 18.7 Å². The van der Waals surface area contributed by atoms with Gasteiger partial charge in [0.05, 0.1) is 5.69 Å². The second-order valence-corrected chi connectivity index (χ2v) is 5.69. The van der Waals surface area contributed by atoms with Crippen LogP contribution < -0.4 is 10.0 Å². The molecule has 1 heterocycles. The molecule has 0 aromatic heterocycles. The van der Waals surface area contributed by atoms with E-state index in [0.717, 1.165) is 5.56 Å². The van der Waals surface area contributed by atoms with Gasteiger partial charge in [-0.3, -0.25) is 4.99 Å². The number of aliphatic hydroxyl groups is 1. The van der Waals surface area contributed by atoms with Gasteiger partial charge in [0.2, 0.25) is 5.96 Å². The Bertz CT molecular complexity index is 581. The molecule has 18 heavy (non-hydrogen) atoms. The Morgan fingerprint density at radius 1 is 1.39 bits per heavy atom. The Labute approximate surface area is 106 Å². The monoisotopic (exact) mass is 269 g/mol. The lowest BCUT2D eigenvalue weighted by Crippen LogP contribution is -2.40. The Morgan fingerprint density at radius 3 is 2.89 bits per heavy atom. The van der Waals surface area contributed by atoms with Gasteiger partial charge in [-0.25, -0.2) is 13.1 Å². The van der Waals surface area contributed by atoms with E-state index in [1.807, 2.05) is 13.0 Å². The fraction of sp³-hybridized carbons (Fsp3) is 0.364. The molecular formula is C11H15N3O3S. The Balaban J connectivity index is 2.33. The van der Waals surface area contributed by atoms with Gasteiger partial charge < -0.3 is 10.4 Å². The summed E-state index contributed by atoms with van der Waals surface area (Å²) in [5.74, 6) is 0.194. The van der Waals surface area contributed by atoms with Gasteiger partial charge in [0.25, 0.3) is 10.0 Å². The number of aliphatic hydroxyl groups excluding tert-OH is 1. The molecule has 0 atom stereocenters. The van der Waals surface area contributed by atoms with Gasteiger partial charge in [0.15, 0.2) is 0 Å². The molecule has 0 radical (unpaired) electrons. The quantitative estimate of drug-likeness (QED) is 0.694. The number of rotatable bonds is 3. The number of aliphatic imine (C=N–C) groups is 1. The molecule has 1 aromatic rings. The van der Waals surface area contributed by atoms with Crippen LogP contribution in [0.5, 0.6) is 0 Å². The van der Waals surface area contributed by atoms with Crippen molar-refractivity contribution in [2.24, 2.45) is 4.99 Å². The average molecular weight is 269 g/mol. The van der Waals surface area contributed by atoms with Crippen LogP contribution in [0.1, 0.15) is 12.0 Å². The van der Waals surface area contributed by atoms with Crippen LogP contribution in [0, 0.1) is 6.92 Å². The number of sulfonamides is 1. The molecule has 3 N–H and O–H groups in total. The van der Waals surface area contributed by atoms with Crippen molar-refractivity contribution in [2.75, 3.05) is 18.5 Å². The molecule has 1 aromatic carbocycles. The van der Waals surface area contributed by atoms with E-state index in [1.165, 1.54) is 0 Å². The summed E-state index contributed by atoms with van der Waals surface area (Å²) in [5.41, 5.74) is 1.39. The van der Waals surface area contributed by atoms with Crippen LogP contribution in [0.15, 0.2) is 28.1 Å². The fourth-order valence-corrected chi connectivity index (χ4v) is 2.85. The van der Waals surface area contributed by atoms with Crippen LogP contribution in [0.4, 0.5) is 5.69 Å². The maximum Gasteiger partial charge on any atom is 0.266 e. The van der Waals surface area contributed by atoms with Crippen LogP contribution in [0.3, 0.4) is 0 Å². The number of anilines is 1. The summed E-state index contributed by atoms with van der Waals surface area (Å²) in [6.45, 7) is 2.22. The molecule has 0 fully saturated rings. The van der Waals surface area contributed by atoms with Crippen LogP contribution in [-0.4, -0.2) is 32.6 Å². The fourth-order valence-electron chi connectivity index (χ4n) is 1.62. The number of aryl methyl sites for hydroxylation is 1. The number of hydrogen-bond acceptors (Lipinski definition) is 4. The van der Waals surface area contributed by atoms with E-state index in [-0.39, 0.29) is 17.5 Å². The van der Waals surface area contributed by atoms with E-state index in [4.69, 9.17) is 5.11 Å². The highest BCUT2D eigenvalue weighted by molar-refractivity contribution is 7.90. The lowest BCUT2D eigenvalue weighted by atomic mass is 10.2. The van der Waals surface area contributed by atoms with Gasteiger partial charge >= 0.3 is 0 Å². The smallest absolute Gasteiger partial charge is 0.266 e. The summed E-state index contributed by atoms with van der Waals surface area (Å²) < 4.78 is 26.3. The summed E-state index contributed by atoms with van der Waals surface area (Å²) in [4.78, 5) is 4.27. The number of benzene rings is 1. The summed E-state index contributed by atoms with van der Waals surface area (Å²) >= 11 is 0. The highest BCUT2D eigenvalue weighted by Gasteiger charge is 2.26. The van der Waals surface area contributed by atoms with Crippen LogP contribution in [0.2, 0.25) is 0 Å². The summed E-state index contributed by atoms with van der Waals surface area (Å²) in [6, 6.07) is 5.15. The molecule has 2 rings (SSSR count). The summed E-state index contributed by atoms with van der Waals surface area (Å²) in [6.07, 6.45) is 0.494. The molecule has 0 unspecified atom stereocenters. The molecule has 1 aliphatic heterocycles. The standard InChI is InChI=1S/C11H15N3O3S/c1-8-3-4-9-10(7-8)18(16,17)14-11(13-9)12-5-2-6-15/h3-4,7,15H,2,5-6H2,1H3,(H2,12,13,14). The van der Waals surface area contributed by atoms with Crippen molar-refractivity contribution in [3.63, 3.8) is 0 Å². The molecule has 0 aliphatic carbocycles. The summed E-state index contributed by atoms with van der Waals surface area (Å²) in [5, 5.41) is 11.6. The number of hydrogen-bond donors (Lipinski definition) is 3. The van der Waals surface area contributed by atoms with E-state index < -0.39 is 10.0 Å². The molecule has 0 amide bonds. The van der Waals surface area contributed by atoms with Crippen molar-refractivity contribution >= 4 is 21.7 Å². The Morgan fingerprint density at radius 2 is 2.17 bits per heavy atom. The molecule has 0 bridgehead atoms. The third-order valence-corrected chi connectivity index (χ3v) is 3.88. The van der Waals surface area contributed by atoms with Crippen LogP contribution >= 0.6 is 0 Å². The maximum absolute atomic E-state index is 12.0. The van der Waals surface area contributed by atoms with Gasteiger partial charge in [0, 0.05) is 13.2 Å². The van der Waals surface area contributed by atoms with Gasteiger partial charge in [-0.2, -0.15) is 0 Å². The van der Waals surface area contributed by atoms with E-state index >= 15 is 0 Å². The first-order chi connectivity index (χ1) is 8.53. The predicted octanol–water partition coefficient (Wildman–Crippen LogP) is 0.437. The number of guanidine groups is 1. The molecule has 7 heteroatoms. The van der Waals surface area contributed by atoms with Crippen molar-refractivity contribution in [2.45, 2.75) is 18.2 Å². The summed E-state index contributed by atoms with van der Waals surface area (Å²) in [7, 11) is -3.56. The number of fused-ring (bicyclic) bond motifs is 1. The minimum atomic E-state index is -3.56. The van der Waals surface area contributed by atoms with Crippen molar-refractivity contribution in [3.8, 4) is 0 Å². The van der Waals surface area contributed by atoms with Crippen LogP contribution in [0.25, 0.3) is 0 Å².